The molecule has 1 heterocycles. The third kappa shape index (κ3) is 4.54. The molecule has 24 heavy (non-hydrogen) atoms. The first-order valence-electron chi connectivity index (χ1n) is 8.21. The van der Waals surface area contributed by atoms with Gasteiger partial charge in [-0.1, -0.05) is 11.6 Å². The molecule has 1 saturated carbocycles. The lowest BCUT2D eigenvalue weighted by Crippen LogP contribution is -2.54. The van der Waals surface area contributed by atoms with E-state index in [0.29, 0.717) is 42.5 Å². The molecule has 0 bridgehead atoms. The van der Waals surface area contributed by atoms with Crippen LogP contribution in [0.1, 0.15) is 38.5 Å². The first-order chi connectivity index (χ1) is 11.1. The third-order valence-electron chi connectivity index (χ3n) is 4.62. The number of hydrogen-bond donors (Lipinski definition) is 2. The van der Waals surface area contributed by atoms with E-state index in [1.165, 1.54) is 12.8 Å². The molecule has 0 unspecified atom stereocenters. The maximum atomic E-state index is 12.4. The van der Waals surface area contributed by atoms with Crippen molar-refractivity contribution in [3.8, 4) is 5.75 Å². The number of rotatable bonds is 4. The Morgan fingerprint density at radius 2 is 1.96 bits per heavy atom. The highest BCUT2D eigenvalue weighted by Gasteiger charge is 2.36. The summed E-state index contributed by atoms with van der Waals surface area (Å²) in [6.45, 7) is 1.03. The molecule has 0 radical (unpaired) electrons. The molecule has 3 rings (SSSR count). The number of benzene rings is 1. The molecule has 0 spiro atoms. The summed E-state index contributed by atoms with van der Waals surface area (Å²) >= 11 is 6.28. The Bertz CT molecular complexity index is 571. The van der Waals surface area contributed by atoms with Gasteiger partial charge in [0.15, 0.2) is 0 Å². The first kappa shape index (κ1) is 19.3. The quantitative estimate of drug-likeness (QED) is 0.845. The second-order valence-electron chi connectivity index (χ2n) is 6.39. The Morgan fingerprint density at radius 1 is 1.29 bits per heavy atom. The van der Waals surface area contributed by atoms with E-state index >= 15 is 0 Å². The van der Waals surface area contributed by atoms with Gasteiger partial charge in [0, 0.05) is 18.9 Å². The molecular formula is C17H24Cl2N2O3. The fraction of sp³-hybridized carbons (Fsp3) is 0.588. The van der Waals surface area contributed by atoms with Crippen LogP contribution in [0.15, 0.2) is 18.2 Å². The van der Waals surface area contributed by atoms with Gasteiger partial charge in [0.05, 0.1) is 11.1 Å². The summed E-state index contributed by atoms with van der Waals surface area (Å²) in [4.78, 5) is 12.4. The van der Waals surface area contributed by atoms with Crippen molar-refractivity contribution in [3.05, 3.63) is 23.2 Å². The van der Waals surface area contributed by atoms with Crippen LogP contribution in [-0.2, 0) is 9.53 Å². The minimum absolute atomic E-state index is 0. The van der Waals surface area contributed by atoms with Crippen LogP contribution in [0, 0.1) is 0 Å². The van der Waals surface area contributed by atoms with Crippen molar-refractivity contribution in [2.45, 2.75) is 50.2 Å². The molecule has 1 aliphatic carbocycles. The molecule has 1 saturated heterocycles. The molecule has 1 aliphatic heterocycles. The summed E-state index contributed by atoms with van der Waals surface area (Å²) in [6.07, 6.45) is 5.86. The van der Waals surface area contributed by atoms with E-state index in [1.54, 1.807) is 12.1 Å². The van der Waals surface area contributed by atoms with Gasteiger partial charge in [0.2, 0.25) is 5.91 Å². The number of carbonyl (C=O) groups is 1. The van der Waals surface area contributed by atoms with E-state index < -0.39 is 5.54 Å². The number of nitrogens with two attached hydrogens (primary N) is 1. The number of hydrogen-bond acceptors (Lipinski definition) is 4. The van der Waals surface area contributed by atoms with Crippen LogP contribution in [0.5, 0.6) is 5.75 Å². The van der Waals surface area contributed by atoms with Crippen molar-refractivity contribution < 1.29 is 14.3 Å². The van der Waals surface area contributed by atoms with Gasteiger partial charge in [-0.05, 0) is 56.7 Å². The van der Waals surface area contributed by atoms with E-state index in [2.05, 4.69) is 5.32 Å². The van der Waals surface area contributed by atoms with E-state index in [4.69, 9.17) is 26.8 Å². The van der Waals surface area contributed by atoms with Gasteiger partial charge < -0.3 is 20.5 Å². The molecule has 1 amide bonds. The second kappa shape index (κ2) is 8.39. The molecule has 1 aromatic carbocycles. The number of anilines is 1. The fourth-order valence-corrected chi connectivity index (χ4v) is 3.30. The largest absolute Gasteiger partial charge is 0.489 e. The maximum absolute atomic E-state index is 12.4. The zero-order valence-electron chi connectivity index (χ0n) is 13.6. The molecule has 0 aromatic heterocycles. The highest BCUT2D eigenvalue weighted by molar-refractivity contribution is 6.32. The average molecular weight is 375 g/mol. The Hall–Kier alpha value is -1.01. The monoisotopic (exact) mass is 374 g/mol. The Kier molecular flexibility index (Phi) is 6.75. The molecular weight excluding hydrogens is 351 g/mol. The average Bonchev–Trinajstić information content (AvgIpc) is 3.04. The lowest BCUT2D eigenvalue weighted by Gasteiger charge is -2.31. The second-order valence-corrected chi connectivity index (χ2v) is 6.80. The van der Waals surface area contributed by atoms with Gasteiger partial charge in [-0.3, -0.25) is 4.79 Å². The van der Waals surface area contributed by atoms with Crippen LogP contribution in [0.25, 0.3) is 0 Å². The summed E-state index contributed by atoms with van der Waals surface area (Å²) in [7, 11) is 0. The Balaban J connectivity index is 0.00000208. The minimum Gasteiger partial charge on any atom is -0.489 e. The van der Waals surface area contributed by atoms with Crippen LogP contribution < -0.4 is 15.8 Å². The van der Waals surface area contributed by atoms with Gasteiger partial charge in [-0.25, -0.2) is 0 Å². The smallest absolute Gasteiger partial charge is 0.244 e. The van der Waals surface area contributed by atoms with Crippen LogP contribution in [0.2, 0.25) is 5.02 Å². The van der Waals surface area contributed by atoms with Crippen molar-refractivity contribution in [1.29, 1.82) is 0 Å². The lowest BCUT2D eigenvalue weighted by atomic mass is 9.90. The maximum Gasteiger partial charge on any atom is 0.244 e. The molecule has 1 aromatic rings. The third-order valence-corrected chi connectivity index (χ3v) is 4.92. The molecule has 0 atom stereocenters. The first-order valence-corrected chi connectivity index (χ1v) is 8.59. The predicted molar refractivity (Wildman–Crippen MR) is 97.2 cm³/mol. The van der Waals surface area contributed by atoms with Crippen molar-refractivity contribution in [3.63, 3.8) is 0 Å². The minimum atomic E-state index is -0.871. The standard InChI is InChI=1S/C17H23ClN2O3.ClH/c18-14-11-12(5-6-15(14)23-13-3-1-2-4-13)20-16(21)17(19)7-9-22-10-8-17;/h5-6,11,13H,1-4,7-10,19H2,(H,20,21);1H. The van der Waals surface area contributed by atoms with Crippen LogP contribution in [0.3, 0.4) is 0 Å². The summed E-state index contributed by atoms with van der Waals surface area (Å²) in [5, 5.41) is 3.36. The van der Waals surface area contributed by atoms with Gasteiger partial charge >= 0.3 is 0 Å². The summed E-state index contributed by atoms with van der Waals surface area (Å²) in [5.74, 6) is 0.478. The van der Waals surface area contributed by atoms with Crippen molar-refractivity contribution in [2.24, 2.45) is 5.73 Å². The Morgan fingerprint density at radius 3 is 2.58 bits per heavy atom. The number of ether oxygens (including phenoxy) is 2. The predicted octanol–water partition coefficient (Wildman–Crippen LogP) is 3.53. The number of halogens is 2. The van der Waals surface area contributed by atoms with Gasteiger partial charge in [-0.2, -0.15) is 0 Å². The molecule has 3 N–H and O–H groups in total. The van der Waals surface area contributed by atoms with Crippen molar-refractivity contribution in [1.82, 2.24) is 0 Å². The summed E-state index contributed by atoms with van der Waals surface area (Å²) < 4.78 is 11.2. The topological polar surface area (TPSA) is 73.6 Å². The zero-order chi connectivity index (χ0) is 16.3. The fourth-order valence-electron chi connectivity index (χ4n) is 3.08. The van der Waals surface area contributed by atoms with Crippen LogP contribution in [0.4, 0.5) is 5.69 Å². The molecule has 5 nitrogen and oxygen atoms in total. The number of carbonyl (C=O) groups excluding carboxylic acids is 1. The van der Waals surface area contributed by atoms with E-state index in [0.717, 1.165) is 12.8 Å². The van der Waals surface area contributed by atoms with E-state index in [-0.39, 0.29) is 24.4 Å². The molecule has 134 valence electrons. The van der Waals surface area contributed by atoms with Crippen molar-refractivity contribution >= 4 is 35.6 Å². The Labute approximate surface area is 153 Å². The van der Waals surface area contributed by atoms with Gasteiger partial charge in [0.25, 0.3) is 0 Å². The van der Waals surface area contributed by atoms with E-state index in [1.807, 2.05) is 6.07 Å². The van der Waals surface area contributed by atoms with Crippen LogP contribution in [-0.4, -0.2) is 30.8 Å². The number of nitrogens with one attached hydrogen (secondary N) is 1. The lowest BCUT2D eigenvalue weighted by molar-refractivity contribution is -0.124. The molecule has 2 aliphatic rings. The van der Waals surface area contributed by atoms with E-state index in [9.17, 15) is 4.79 Å². The van der Waals surface area contributed by atoms with Crippen LogP contribution >= 0.6 is 24.0 Å². The van der Waals surface area contributed by atoms with Crippen molar-refractivity contribution in [2.75, 3.05) is 18.5 Å². The normalized spacial score (nSPS) is 20.2. The SMILES string of the molecule is Cl.NC1(C(=O)Nc2ccc(OC3CCCC3)c(Cl)c2)CCOCC1. The molecule has 7 heteroatoms. The highest BCUT2D eigenvalue weighted by atomic mass is 35.5. The summed E-state index contributed by atoms with van der Waals surface area (Å²) in [5.41, 5.74) is 5.94. The highest BCUT2D eigenvalue weighted by Crippen LogP contribution is 2.32. The summed E-state index contributed by atoms with van der Waals surface area (Å²) in [6, 6.07) is 5.33. The van der Waals surface area contributed by atoms with Gasteiger partial charge in [-0.15, -0.1) is 12.4 Å². The zero-order valence-corrected chi connectivity index (χ0v) is 15.1. The number of amides is 1. The molecule has 2 fully saturated rings. The van der Waals surface area contributed by atoms with Gasteiger partial charge in [0.1, 0.15) is 11.3 Å².